The van der Waals surface area contributed by atoms with E-state index in [-0.39, 0.29) is 0 Å². The van der Waals surface area contributed by atoms with Crippen LogP contribution in [0.5, 0.6) is 0 Å². The fraction of sp³-hybridized carbons (Fsp3) is 0.625. The molecule has 0 aromatic carbocycles. The Morgan fingerprint density at radius 1 is 1.75 bits per heavy atom. The molecule has 1 unspecified atom stereocenters. The molecule has 12 heavy (non-hydrogen) atoms. The molecule has 0 heterocycles. The minimum Gasteiger partial charge on any atom is -0.463 e. The summed E-state index contributed by atoms with van der Waals surface area (Å²) in [6.45, 7) is 5.63. The molecule has 0 aliphatic rings. The van der Waals surface area contributed by atoms with E-state index in [1.807, 2.05) is 6.92 Å². The van der Waals surface area contributed by atoms with Crippen LogP contribution >= 0.6 is 0 Å². The van der Waals surface area contributed by atoms with Crippen LogP contribution in [-0.2, 0) is 14.4 Å². The number of rotatable bonds is 6. The maximum absolute atomic E-state index is 10.9. The number of nitrogens with zero attached hydrogens (tertiary/aromatic N) is 1. The highest BCUT2D eigenvalue weighted by atomic mass is 16.6. The van der Waals surface area contributed by atoms with Gasteiger partial charge in [0.15, 0.2) is 6.10 Å². The molecule has 0 aliphatic heterocycles. The minimum absolute atomic E-state index is 0.350. The summed E-state index contributed by atoms with van der Waals surface area (Å²) in [6.07, 6.45) is 1.86. The highest BCUT2D eigenvalue weighted by Crippen LogP contribution is 1.96. The Labute approximate surface area is 72.3 Å². The van der Waals surface area contributed by atoms with Gasteiger partial charge < -0.3 is 4.74 Å². The first-order chi connectivity index (χ1) is 5.76. The van der Waals surface area contributed by atoms with Crippen molar-refractivity contribution in [2.75, 3.05) is 6.61 Å². The highest BCUT2D eigenvalue weighted by molar-refractivity contribution is 5.76. The average molecular weight is 171 g/mol. The lowest BCUT2D eigenvalue weighted by Gasteiger charge is -2.07. The molecule has 2 radical (unpaired) electrons. The first-order valence-corrected chi connectivity index (χ1v) is 3.85. The van der Waals surface area contributed by atoms with Crippen molar-refractivity contribution in [1.29, 1.82) is 0 Å². The van der Waals surface area contributed by atoms with Gasteiger partial charge in [-0.15, -0.1) is 0 Å². The zero-order valence-corrected chi connectivity index (χ0v) is 7.16. The zero-order chi connectivity index (χ0) is 9.40. The van der Waals surface area contributed by atoms with Gasteiger partial charge in [0.1, 0.15) is 0 Å². The topological polar surface area (TPSA) is 57.8 Å². The van der Waals surface area contributed by atoms with E-state index in [0.717, 1.165) is 12.8 Å². The van der Waals surface area contributed by atoms with E-state index in [1.54, 1.807) is 0 Å². The van der Waals surface area contributed by atoms with Crippen LogP contribution in [0.2, 0.25) is 0 Å². The second kappa shape index (κ2) is 6.82. The lowest BCUT2D eigenvalue weighted by atomic mass is 10.3. The Hall–Kier alpha value is -0.870. The normalized spacial score (nSPS) is 12.2. The molecule has 0 aliphatic carbocycles. The molecule has 0 saturated carbocycles. The van der Waals surface area contributed by atoms with Crippen LogP contribution in [0.3, 0.4) is 0 Å². The number of carbonyl (C=O) groups is 1. The standard InChI is InChI=1S/C8H13NO3/c1-3-5-6-11-8(10)7(4-2)12-9/h4,7H,2-3,5-6H2,1H3. The molecule has 1 atom stereocenters. The molecule has 4 heteroatoms. The summed E-state index contributed by atoms with van der Waals surface area (Å²) in [5.41, 5.74) is 0. The summed E-state index contributed by atoms with van der Waals surface area (Å²) in [4.78, 5) is 14.7. The van der Waals surface area contributed by atoms with Gasteiger partial charge in [-0.2, -0.15) is 0 Å². The Morgan fingerprint density at radius 3 is 2.83 bits per heavy atom. The predicted molar refractivity (Wildman–Crippen MR) is 43.1 cm³/mol. The Morgan fingerprint density at radius 2 is 2.42 bits per heavy atom. The Bertz CT molecular complexity index is 147. The number of esters is 1. The second-order valence-corrected chi connectivity index (χ2v) is 2.28. The van der Waals surface area contributed by atoms with E-state index in [4.69, 9.17) is 10.6 Å². The second-order valence-electron chi connectivity index (χ2n) is 2.28. The van der Waals surface area contributed by atoms with E-state index in [2.05, 4.69) is 11.4 Å². The molecule has 0 rings (SSSR count). The van der Waals surface area contributed by atoms with Gasteiger partial charge in [-0.3, -0.25) is 0 Å². The van der Waals surface area contributed by atoms with Gasteiger partial charge in [0, 0.05) is 5.90 Å². The summed E-state index contributed by atoms with van der Waals surface area (Å²) < 4.78 is 4.73. The lowest BCUT2D eigenvalue weighted by Crippen LogP contribution is -2.24. The maximum Gasteiger partial charge on any atom is 0.341 e. The van der Waals surface area contributed by atoms with Gasteiger partial charge in [-0.1, -0.05) is 19.9 Å². The molecule has 4 nitrogen and oxygen atoms in total. The highest BCUT2D eigenvalue weighted by Gasteiger charge is 2.16. The van der Waals surface area contributed by atoms with Crippen molar-refractivity contribution >= 4 is 5.97 Å². The number of unbranched alkanes of at least 4 members (excludes halogenated alkanes) is 1. The Kier molecular flexibility index (Phi) is 6.32. The van der Waals surface area contributed by atoms with Crippen molar-refractivity contribution in [1.82, 2.24) is 5.90 Å². The van der Waals surface area contributed by atoms with Gasteiger partial charge in [-0.05, 0) is 12.5 Å². The number of hydrogen-bond acceptors (Lipinski definition) is 3. The van der Waals surface area contributed by atoms with Crippen LogP contribution in [-0.4, -0.2) is 18.7 Å². The molecule has 0 N–H and O–H groups in total. The number of hydrogen-bond donors (Lipinski definition) is 0. The van der Waals surface area contributed by atoms with Crippen molar-refractivity contribution in [3.05, 3.63) is 12.7 Å². The fourth-order valence-corrected chi connectivity index (χ4v) is 0.582. The third kappa shape index (κ3) is 4.10. The molecular weight excluding hydrogens is 158 g/mol. The first-order valence-electron chi connectivity index (χ1n) is 3.85. The van der Waals surface area contributed by atoms with Gasteiger partial charge in [0.05, 0.1) is 6.61 Å². The maximum atomic E-state index is 10.9. The van der Waals surface area contributed by atoms with E-state index < -0.39 is 12.1 Å². The third-order valence-electron chi connectivity index (χ3n) is 1.30. The predicted octanol–water partition coefficient (Wildman–Crippen LogP) is 0.885. The van der Waals surface area contributed by atoms with Crippen molar-refractivity contribution in [3.63, 3.8) is 0 Å². The van der Waals surface area contributed by atoms with Crippen LogP contribution < -0.4 is 5.90 Å². The molecule has 0 aromatic rings. The van der Waals surface area contributed by atoms with Crippen molar-refractivity contribution < 1.29 is 14.4 Å². The van der Waals surface area contributed by atoms with E-state index in [1.165, 1.54) is 6.08 Å². The molecule has 0 bridgehead atoms. The number of carbonyl (C=O) groups excluding carboxylic acids is 1. The summed E-state index contributed by atoms with van der Waals surface area (Å²) in [6, 6.07) is 0. The first kappa shape index (κ1) is 11.1. The quantitative estimate of drug-likeness (QED) is 0.258. The fourth-order valence-electron chi connectivity index (χ4n) is 0.582. The van der Waals surface area contributed by atoms with Crippen LogP contribution in [0.15, 0.2) is 12.7 Å². The van der Waals surface area contributed by atoms with Crippen LogP contribution in [0.4, 0.5) is 0 Å². The summed E-state index contributed by atoms with van der Waals surface area (Å²) in [7, 11) is 0. The van der Waals surface area contributed by atoms with Crippen molar-refractivity contribution in [2.24, 2.45) is 0 Å². The van der Waals surface area contributed by atoms with Crippen molar-refractivity contribution in [3.8, 4) is 0 Å². The minimum atomic E-state index is -1.07. The van der Waals surface area contributed by atoms with Crippen LogP contribution in [0.1, 0.15) is 19.8 Å². The van der Waals surface area contributed by atoms with Crippen LogP contribution in [0.25, 0.3) is 0 Å². The Balaban J connectivity index is 3.62. The molecular formula is C8H13NO3. The molecule has 0 fully saturated rings. The molecule has 0 amide bonds. The SMILES string of the molecule is C=CC(O[N])C(=O)OCCCC. The van der Waals surface area contributed by atoms with Crippen LogP contribution in [0, 0.1) is 0 Å². The molecule has 0 aromatic heterocycles. The third-order valence-corrected chi connectivity index (χ3v) is 1.30. The molecule has 0 saturated heterocycles. The van der Waals surface area contributed by atoms with Gasteiger partial charge in [0.2, 0.25) is 0 Å². The van der Waals surface area contributed by atoms with E-state index >= 15 is 0 Å². The van der Waals surface area contributed by atoms with E-state index in [0.29, 0.717) is 6.61 Å². The number of ether oxygens (including phenoxy) is 1. The van der Waals surface area contributed by atoms with Crippen molar-refractivity contribution in [2.45, 2.75) is 25.9 Å². The van der Waals surface area contributed by atoms with Gasteiger partial charge in [0.25, 0.3) is 0 Å². The lowest BCUT2D eigenvalue weighted by molar-refractivity contribution is -0.155. The molecule has 68 valence electrons. The zero-order valence-electron chi connectivity index (χ0n) is 7.16. The monoisotopic (exact) mass is 171 g/mol. The van der Waals surface area contributed by atoms with Gasteiger partial charge >= 0.3 is 5.97 Å². The molecule has 0 spiro atoms. The van der Waals surface area contributed by atoms with Gasteiger partial charge in [-0.25, -0.2) is 9.63 Å². The summed E-state index contributed by atoms with van der Waals surface area (Å²) in [5.74, 6) is 7.57. The average Bonchev–Trinajstić information content (AvgIpc) is 2.07. The summed E-state index contributed by atoms with van der Waals surface area (Å²) >= 11 is 0. The summed E-state index contributed by atoms with van der Waals surface area (Å²) in [5, 5.41) is 0. The van der Waals surface area contributed by atoms with E-state index in [9.17, 15) is 4.79 Å². The largest absolute Gasteiger partial charge is 0.463 e. The smallest absolute Gasteiger partial charge is 0.341 e.